The van der Waals surface area contributed by atoms with E-state index in [1.807, 2.05) is 0 Å². The molecule has 1 nitrogen and oxygen atoms in total. The van der Waals surface area contributed by atoms with Gasteiger partial charge in [0.2, 0.25) is 0 Å². The molecular weight excluding hydrogens is 206 g/mol. The van der Waals surface area contributed by atoms with Crippen LogP contribution in [0.4, 0.5) is 0 Å². The molecule has 0 amide bonds. The van der Waals surface area contributed by atoms with Gasteiger partial charge in [0.1, 0.15) is 0 Å². The molecule has 17 heavy (non-hydrogen) atoms. The summed E-state index contributed by atoms with van der Waals surface area (Å²) < 4.78 is 0. The Kier molecular flexibility index (Phi) is 3.88. The van der Waals surface area contributed by atoms with E-state index in [0.717, 1.165) is 0 Å². The second-order valence-electron chi connectivity index (χ2n) is 5.72. The van der Waals surface area contributed by atoms with Crippen LogP contribution in [-0.2, 0) is 0 Å². The van der Waals surface area contributed by atoms with Gasteiger partial charge in [-0.1, -0.05) is 43.2 Å². The monoisotopic (exact) mass is 231 g/mol. The Labute approximate surface area is 106 Å². The fourth-order valence-electron chi connectivity index (χ4n) is 2.76. The van der Waals surface area contributed by atoms with Crippen LogP contribution in [-0.4, -0.2) is 6.54 Å². The van der Waals surface area contributed by atoms with Crippen LogP contribution in [0.5, 0.6) is 0 Å². The van der Waals surface area contributed by atoms with E-state index in [1.165, 1.54) is 43.4 Å². The first-order valence-corrected chi connectivity index (χ1v) is 6.95. The van der Waals surface area contributed by atoms with Crippen molar-refractivity contribution in [3.63, 3.8) is 0 Å². The molecule has 1 aromatic carbocycles. The van der Waals surface area contributed by atoms with Crippen LogP contribution in [0.3, 0.4) is 0 Å². The van der Waals surface area contributed by atoms with Crippen LogP contribution in [0.25, 0.3) is 0 Å². The third-order valence-corrected chi connectivity index (χ3v) is 4.49. The van der Waals surface area contributed by atoms with Crippen LogP contribution in [0.15, 0.2) is 24.3 Å². The van der Waals surface area contributed by atoms with Crippen molar-refractivity contribution < 1.29 is 0 Å². The summed E-state index contributed by atoms with van der Waals surface area (Å²) >= 11 is 0. The Morgan fingerprint density at radius 1 is 1.35 bits per heavy atom. The Balaban J connectivity index is 1.91. The van der Waals surface area contributed by atoms with E-state index >= 15 is 0 Å². The second kappa shape index (κ2) is 5.22. The molecule has 1 aliphatic carbocycles. The molecule has 1 aromatic rings. The lowest BCUT2D eigenvalue weighted by atomic mass is 9.67. The smallest absolute Gasteiger partial charge is 0.0292 e. The normalized spacial score (nSPS) is 19.7. The summed E-state index contributed by atoms with van der Waals surface area (Å²) in [5.41, 5.74) is 3.37. The van der Waals surface area contributed by atoms with Crippen LogP contribution < -0.4 is 5.32 Å². The minimum absolute atomic E-state index is 0.471. The summed E-state index contributed by atoms with van der Waals surface area (Å²) in [6, 6.07) is 9.30. The van der Waals surface area contributed by atoms with Gasteiger partial charge in [-0.3, -0.25) is 0 Å². The summed E-state index contributed by atoms with van der Waals surface area (Å²) in [4.78, 5) is 0. The molecule has 0 aromatic heterocycles. The molecule has 2 rings (SSSR count). The largest absolute Gasteiger partial charge is 0.310 e. The predicted molar refractivity (Wildman–Crippen MR) is 74.2 cm³/mol. The lowest BCUT2D eigenvalue weighted by molar-refractivity contribution is 0.120. The molecule has 1 saturated carbocycles. The number of hydrogen-bond acceptors (Lipinski definition) is 1. The molecule has 1 fully saturated rings. The van der Waals surface area contributed by atoms with Crippen LogP contribution in [0, 0.1) is 12.3 Å². The fraction of sp³-hybridized carbons (Fsp3) is 0.625. The summed E-state index contributed by atoms with van der Waals surface area (Å²) in [6.45, 7) is 7.95. The van der Waals surface area contributed by atoms with Crippen molar-refractivity contribution in [2.75, 3.05) is 6.54 Å². The van der Waals surface area contributed by atoms with Gasteiger partial charge in [0.25, 0.3) is 0 Å². The van der Waals surface area contributed by atoms with E-state index in [1.54, 1.807) is 0 Å². The molecule has 0 bridgehead atoms. The number of rotatable bonds is 5. The molecule has 1 atom stereocenters. The molecule has 0 radical (unpaired) electrons. The van der Waals surface area contributed by atoms with Gasteiger partial charge in [0.05, 0.1) is 0 Å². The molecule has 1 heteroatoms. The zero-order valence-electron chi connectivity index (χ0n) is 11.4. The summed E-state index contributed by atoms with van der Waals surface area (Å²) in [6.07, 6.45) is 5.57. The van der Waals surface area contributed by atoms with Gasteiger partial charge in [-0.2, -0.15) is 0 Å². The number of aryl methyl sites for hydroxylation is 1. The molecule has 1 N–H and O–H groups in total. The van der Waals surface area contributed by atoms with Crippen molar-refractivity contribution in [1.29, 1.82) is 0 Å². The molecule has 0 saturated heterocycles. The highest BCUT2D eigenvalue weighted by Crippen LogP contribution is 2.43. The zero-order valence-corrected chi connectivity index (χ0v) is 11.4. The topological polar surface area (TPSA) is 12.0 Å². The van der Waals surface area contributed by atoms with Gasteiger partial charge in [-0.25, -0.2) is 0 Å². The van der Waals surface area contributed by atoms with Crippen molar-refractivity contribution in [1.82, 2.24) is 5.32 Å². The van der Waals surface area contributed by atoms with Crippen LogP contribution in [0.1, 0.15) is 56.7 Å². The first kappa shape index (κ1) is 12.6. The Morgan fingerprint density at radius 2 is 2.12 bits per heavy atom. The molecule has 0 heterocycles. The van der Waals surface area contributed by atoms with Gasteiger partial charge < -0.3 is 5.32 Å². The van der Waals surface area contributed by atoms with Gasteiger partial charge >= 0.3 is 0 Å². The molecule has 94 valence electrons. The zero-order chi connectivity index (χ0) is 12.3. The maximum Gasteiger partial charge on any atom is 0.0292 e. The maximum absolute atomic E-state index is 3.72. The summed E-state index contributed by atoms with van der Waals surface area (Å²) in [5.74, 6) is 0. The maximum atomic E-state index is 3.72. The Bertz CT molecular complexity index is 360. The van der Waals surface area contributed by atoms with E-state index in [4.69, 9.17) is 0 Å². The highest BCUT2D eigenvalue weighted by Gasteiger charge is 2.34. The first-order valence-electron chi connectivity index (χ1n) is 6.95. The van der Waals surface area contributed by atoms with E-state index in [0.29, 0.717) is 11.5 Å². The molecule has 0 aliphatic heterocycles. The highest BCUT2D eigenvalue weighted by molar-refractivity contribution is 5.24. The van der Waals surface area contributed by atoms with Crippen molar-refractivity contribution in [2.45, 2.75) is 52.5 Å². The molecular formula is C16H25N. The third-order valence-electron chi connectivity index (χ3n) is 4.49. The Hall–Kier alpha value is -0.820. The summed E-state index contributed by atoms with van der Waals surface area (Å²) in [7, 11) is 0. The van der Waals surface area contributed by atoms with Crippen molar-refractivity contribution in [3.8, 4) is 0 Å². The van der Waals surface area contributed by atoms with Crippen LogP contribution in [0.2, 0.25) is 0 Å². The van der Waals surface area contributed by atoms with Gasteiger partial charge in [0.15, 0.2) is 0 Å². The van der Waals surface area contributed by atoms with Gasteiger partial charge in [0, 0.05) is 12.6 Å². The quantitative estimate of drug-likeness (QED) is 0.800. The van der Waals surface area contributed by atoms with E-state index in [2.05, 4.69) is 50.4 Å². The van der Waals surface area contributed by atoms with Gasteiger partial charge in [-0.05, 0) is 44.1 Å². The average molecular weight is 231 g/mol. The standard InChI is InChI=1S/C16H25N/c1-4-16(9-6-10-16)12-17-14(3)15-8-5-7-13(2)11-15/h5,7-8,11,14,17H,4,6,9-10,12H2,1-3H3. The van der Waals surface area contributed by atoms with Crippen molar-refractivity contribution in [2.24, 2.45) is 5.41 Å². The van der Waals surface area contributed by atoms with Crippen molar-refractivity contribution in [3.05, 3.63) is 35.4 Å². The SMILES string of the molecule is CCC1(CNC(C)c2cccc(C)c2)CCC1. The lowest BCUT2D eigenvalue weighted by Gasteiger charge is -2.42. The highest BCUT2D eigenvalue weighted by atomic mass is 14.9. The van der Waals surface area contributed by atoms with Crippen molar-refractivity contribution >= 4 is 0 Å². The predicted octanol–water partition coefficient (Wildman–Crippen LogP) is 4.23. The second-order valence-corrected chi connectivity index (χ2v) is 5.72. The van der Waals surface area contributed by atoms with Gasteiger partial charge in [-0.15, -0.1) is 0 Å². The Morgan fingerprint density at radius 3 is 2.65 bits per heavy atom. The number of benzene rings is 1. The fourth-order valence-corrected chi connectivity index (χ4v) is 2.76. The number of hydrogen-bond donors (Lipinski definition) is 1. The minimum Gasteiger partial charge on any atom is -0.310 e. The third kappa shape index (κ3) is 2.90. The lowest BCUT2D eigenvalue weighted by Crippen LogP contribution is -2.40. The van der Waals surface area contributed by atoms with E-state index < -0.39 is 0 Å². The minimum atomic E-state index is 0.471. The number of nitrogens with one attached hydrogen (secondary N) is 1. The van der Waals surface area contributed by atoms with E-state index in [-0.39, 0.29) is 0 Å². The van der Waals surface area contributed by atoms with Crippen LogP contribution >= 0.6 is 0 Å². The molecule has 0 spiro atoms. The summed E-state index contributed by atoms with van der Waals surface area (Å²) in [5, 5.41) is 3.72. The average Bonchev–Trinajstić information content (AvgIpc) is 2.28. The first-order chi connectivity index (χ1) is 8.15. The molecule has 1 unspecified atom stereocenters. The van der Waals surface area contributed by atoms with E-state index in [9.17, 15) is 0 Å². The molecule has 1 aliphatic rings.